The third kappa shape index (κ3) is 12.2. The number of piperidine rings is 1. The molecule has 2 aromatic carbocycles. The van der Waals surface area contributed by atoms with Gasteiger partial charge in [0.2, 0.25) is 5.78 Å². The van der Waals surface area contributed by atoms with Crippen LogP contribution < -0.4 is 14.2 Å². The van der Waals surface area contributed by atoms with Crippen LogP contribution in [-0.4, -0.2) is 68.5 Å². The summed E-state index contributed by atoms with van der Waals surface area (Å²) in [6, 6.07) is 5.35. The molecule has 0 bridgehead atoms. The largest absolute Gasteiger partial charge is 0.493 e. The number of hydrogen-bond acceptors (Lipinski definition) is 9. The highest BCUT2D eigenvalue weighted by atomic mass is 19.1. The van der Waals surface area contributed by atoms with Crippen molar-refractivity contribution in [3.05, 3.63) is 77.4 Å². The van der Waals surface area contributed by atoms with Crippen LogP contribution in [0.4, 0.5) is 8.78 Å². The number of carbonyl (C=O) groups excluding carboxylic acids is 4. The molecule has 0 spiro atoms. The number of likely N-dealkylation sites (tertiary alicyclic amines) is 1. The molecular formula is C41H53F2NO9. The molecule has 1 aliphatic rings. The Morgan fingerprint density at radius 3 is 2.32 bits per heavy atom. The Hall–Kier alpha value is -4.74. The maximum absolute atomic E-state index is 15.1. The first-order valence-electron chi connectivity index (χ1n) is 17.9. The summed E-state index contributed by atoms with van der Waals surface area (Å²) in [7, 11) is 2.80. The summed E-state index contributed by atoms with van der Waals surface area (Å²) >= 11 is 0. The number of ether oxygens (including phenoxy) is 5. The number of allylic oxidation sites excluding steroid dienone is 1. The van der Waals surface area contributed by atoms with Crippen molar-refractivity contribution in [3.8, 4) is 17.2 Å². The van der Waals surface area contributed by atoms with Crippen LogP contribution in [-0.2, 0) is 35.1 Å². The molecule has 0 radical (unpaired) electrons. The number of rotatable bonds is 18. The van der Waals surface area contributed by atoms with Gasteiger partial charge in [-0.25, -0.2) is 18.4 Å². The predicted octanol–water partition coefficient (Wildman–Crippen LogP) is 7.52. The number of benzene rings is 2. The second kappa shape index (κ2) is 19.4. The van der Waals surface area contributed by atoms with Crippen LogP contribution in [0, 0.1) is 28.9 Å². The van der Waals surface area contributed by atoms with E-state index in [0.717, 1.165) is 5.57 Å². The van der Waals surface area contributed by atoms with E-state index in [-0.39, 0.29) is 67.9 Å². The number of ketones is 1. The third-order valence-corrected chi connectivity index (χ3v) is 9.00. The average molecular weight is 742 g/mol. The lowest BCUT2D eigenvalue weighted by Gasteiger charge is -2.36. The lowest BCUT2D eigenvalue weighted by molar-refractivity contribution is -0.165. The van der Waals surface area contributed by atoms with Crippen LogP contribution in [0.2, 0.25) is 0 Å². The lowest BCUT2D eigenvalue weighted by Crippen LogP contribution is -2.53. The van der Waals surface area contributed by atoms with Gasteiger partial charge in [0.05, 0.1) is 19.6 Å². The second-order valence-electron chi connectivity index (χ2n) is 14.5. The Balaban J connectivity index is 1.91. The van der Waals surface area contributed by atoms with Crippen molar-refractivity contribution in [2.45, 2.75) is 85.8 Å². The minimum Gasteiger partial charge on any atom is -0.493 e. The fourth-order valence-corrected chi connectivity index (χ4v) is 5.66. The number of carbonyl (C=O) groups is 4. The van der Waals surface area contributed by atoms with Gasteiger partial charge in [0.25, 0.3) is 5.91 Å². The molecular weight excluding hydrogens is 688 g/mol. The highest BCUT2D eigenvalue weighted by Gasteiger charge is 2.42. The fraction of sp³-hybridized carbons (Fsp3) is 0.512. The first-order valence-corrected chi connectivity index (χ1v) is 17.9. The highest BCUT2D eigenvalue weighted by molar-refractivity contribution is 6.38. The summed E-state index contributed by atoms with van der Waals surface area (Å²) in [5.74, 6) is -3.44. The summed E-state index contributed by atoms with van der Waals surface area (Å²) < 4.78 is 57.6. The summed E-state index contributed by atoms with van der Waals surface area (Å²) in [5.41, 5.74) is 0.114. The maximum atomic E-state index is 15.1. The number of esters is 2. The Labute approximate surface area is 311 Å². The van der Waals surface area contributed by atoms with Crippen molar-refractivity contribution < 1.29 is 51.6 Å². The predicted molar refractivity (Wildman–Crippen MR) is 196 cm³/mol. The number of halogens is 2. The Kier molecular flexibility index (Phi) is 15.6. The summed E-state index contributed by atoms with van der Waals surface area (Å²) in [4.78, 5) is 54.6. The molecule has 0 unspecified atom stereocenters. The Morgan fingerprint density at radius 2 is 1.68 bits per heavy atom. The van der Waals surface area contributed by atoms with Crippen molar-refractivity contribution in [1.29, 1.82) is 0 Å². The first-order chi connectivity index (χ1) is 25.0. The third-order valence-electron chi connectivity index (χ3n) is 9.00. The molecule has 290 valence electrons. The van der Waals surface area contributed by atoms with E-state index < -0.39 is 52.8 Å². The van der Waals surface area contributed by atoms with Crippen molar-refractivity contribution >= 4 is 23.6 Å². The van der Waals surface area contributed by atoms with Gasteiger partial charge in [-0.05, 0) is 87.1 Å². The molecule has 0 N–H and O–H groups in total. The van der Waals surface area contributed by atoms with Crippen molar-refractivity contribution in [3.63, 3.8) is 0 Å². The number of methoxy groups -OCH3 is 2. The van der Waals surface area contributed by atoms with Gasteiger partial charge in [0.15, 0.2) is 11.5 Å². The first kappa shape index (κ1) is 42.7. The molecule has 1 fully saturated rings. The molecule has 1 aliphatic heterocycles. The van der Waals surface area contributed by atoms with E-state index in [4.69, 9.17) is 23.7 Å². The summed E-state index contributed by atoms with van der Waals surface area (Å²) in [5, 5.41) is 0. The van der Waals surface area contributed by atoms with Gasteiger partial charge < -0.3 is 28.6 Å². The number of hydrogen-bond donors (Lipinski definition) is 0. The van der Waals surface area contributed by atoms with Gasteiger partial charge in [-0.15, -0.1) is 0 Å². The monoisotopic (exact) mass is 741 g/mol. The van der Waals surface area contributed by atoms with Gasteiger partial charge in [-0.3, -0.25) is 9.59 Å². The van der Waals surface area contributed by atoms with Gasteiger partial charge >= 0.3 is 11.9 Å². The van der Waals surface area contributed by atoms with Crippen molar-refractivity contribution in [1.82, 2.24) is 4.90 Å². The fourth-order valence-electron chi connectivity index (χ4n) is 5.66. The van der Waals surface area contributed by atoms with Gasteiger partial charge in [0.1, 0.15) is 42.7 Å². The molecule has 12 heteroatoms. The second-order valence-corrected chi connectivity index (χ2v) is 14.5. The number of nitrogens with zero attached hydrogens (tertiary/aromatic N) is 1. The Bertz CT molecular complexity index is 1670. The molecule has 0 aliphatic carbocycles. The van der Waals surface area contributed by atoms with E-state index in [2.05, 4.69) is 6.58 Å². The molecule has 0 aromatic heterocycles. The maximum Gasteiger partial charge on any atom is 0.330 e. The normalized spacial score (nSPS) is 15.3. The van der Waals surface area contributed by atoms with Crippen LogP contribution in [0.15, 0.2) is 54.6 Å². The zero-order chi connectivity index (χ0) is 39.5. The van der Waals surface area contributed by atoms with Crippen LogP contribution in [0.25, 0.3) is 0 Å². The Morgan fingerprint density at radius 1 is 0.981 bits per heavy atom. The minimum atomic E-state index is -1.38. The standard InChI is InChI=1S/C41H53F2NO9/c1-25(2)13-16-36(45)52-24-41(6,7)38(46)39(47)44-17-11-10-12-33(44)40(48)53-34(15-14-28-18-31(43)22-35(49-8)37(28)50-9)29-19-30(42)21-32(20-29)51-23-27(5)26(3)4/h13,16,18-22,25-26,33-34H,5,10-12,14-15,17,23-24H2,1-4,6-9H3/b16-13-/t33-,34+/m0/s1. The molecule has 1 saturated heterocycles. The van der Waals surface area contributed by atoms with Crippen LogP contribution in [0.1, 0.15) is 84.5 Å². The number of amides is 1. The zero-order valence-corrected chi connectivity index (χ0v) is 32.1. The SMILES string of the molecule is C=C(COc1cc(F)cc([C@@H](CCc2cc(F)cc(OC)c2OC)OC(=O)[C@@H]2CCCCN2C(=O)C(=O)C(C)(C)COC(=O)/C=C\C(C)C)c1)C(C)C. The van der Waals surface area contributed by atoms with Crippen LogP contribution >= 0.6 is 0 Å². The summed E-state index contributed by atoms with van der Waals surface area (Å²) in [6.07, 6.45) is 3.39. The molecule has 2 aromatic rings. The average Bonchev–Trinajstić information content (AvgIpc) is 3.12. The van der Waals surface area contributed by atoms with Gasteiger partial charge in [0, 0.05) is 30.3 Å². The van der Waals surface area contributed by atoms with Crippen molar-refractivity contribution in [2.24, 2.45) is 17.3 Å². The van der Waals surface area contributed by atoms with E-state index in [1.54, 1.807) is 12.1 Å². The van der Waals surface area contributed by atoms with E-state index in [0.29, 0.717) is 24.2 Å². The molecule has 0 saturated carbocycles. The molecule has 1 heterocycles. The van der Waals surface area contributed by atoms with Gasteiger partial charge in [-0.1, -0.05) is 40.3 Å². The molecule has 2 atom stereocenters. The topological polar surface area (TPSA) is 118 Å². The smallest absolute Gasteiger partial charge is 0.330 e. The van der Waals surface area contributed by atoms with E-state index in [1.807, 2.05) is 27.7 Å². The number of aryl methyl sites for hydroxylation is 1. The highest BCUT2D eigenvalue weighted by Crippen LogP contribution is 2.36. The van der Waals surface area contributed by atoms with E-state index in [9.17, 15) is 23.6 Å². The lowest BCUT2D eigenvalue weighted by atomic mass is 9.87. The van der Waals surface area contributed by atoms with Crippen LogP contribution in [0.5, 0.6) is 17.2 Å². The van der Waals surface area contributed by atoms with Crippen molar-refractivity contribution in [2.75, 3.05) is 34.0 Å². The van der Waals surface area contributed by atoms with Gasteiger partial charge in [-0.2, -0.15) is 0 Å². The van der Waals surface area contributed by atoms with E-state index >= 15 is 4.39 Å². The quantitative estimate of drug-likeness (QED) is 0.0662. The van der Waals surface area contributed by atoms with Crippen LogP contribution in [0.3, 0.4) is 0 Å². The number of Topliss-reactive ketones (excluding diaryl/α,β-unsaturated/α-hetero) is 1. The summed E-state index contributed by atoms with van der Waals surface area (Å²) in [6.45, 7) is 14.6. The molecule has 53 heavy (non-hydrogen) atoms. The molecule has 10 nitrogen and oxygen atoms in total. The molecule has 3 rings (SSSR count). The zero-order valence-electron chi connectivity index (χ0n) is 32.1. The molecule has 1 amide bonds. The van der Waals surface area contributed by atoms with E-state index in [1.165, 1.54) is 63.3 Å². The minimum absolute atomic E-state index is 0.0551.